The van der Waals surface area contributed by atoms with Crippen molar-refractivity contribution in [2.75, 3.05) is 24.5 Å². The second-order valence-corrected chi connectivity index (χ2v) is 5.38. The topological polar surface area (TPSA) is 52.7 Å². The minimum atomic E-state index is -0.435. The molecular formula is C16H23N3O2. The standard InChI is InChI=1S/C16H23N3O2/c1-4-9-17-16(21)18-10-11-19(15(20)13(18)3)14-8-6-5-7-12(14)2/h5-8,13H,4,9-11H2,1-3H3,(H,17,21)/t13-/m0/s1. The van der Waals surface area contributed by atoms with Crippen LogP contribution in [0, 0.1) is 6.92 Å². The van der Waals surface area contributed by atoms with Gasteiger partial charge in [0.25, 0.3) is 0 Å². The number of nitrogens with one attached hydrogen (secondary N) is 1. The maximum absolute atomic E-state index is 12.6. The van der Waals surface area contributed by atoms with Gasteiger partial charge in [0.15, 0.2) is 0 Å². The van der Waals surface area contributed by atoms with Gasteiger partial charge in [0.05, 0.1) is 0 Å². The predicted molar refractivity (Wildman–Crippen MR) is 83.4 cm³/mol. The lowest BCUT2D eigenvalue weighted by atomic mass is 10.1. The summed E-state index contributed by atoms with van der Waals surface area (Å²) in [6.45, 7) is 7.51. The van der Waals surface area contributed by atoms with E-state index >= 15 is 0 Å². The SMILES string of the molecule is CCCNC(=O)N1CCN(c2ccccc2C)C(=O)[C@@H]1C. The molecule has 0 aromatic heterocycles. The Balaban J connectivity index is 2.11. The van der Waals surface area contributed by atoms with Crippen LogP contribution in [0.4, 0.5) is 10.5 Å². The number of hydrogen-bond acceptors (Lipinski definition) is 2. The Labute approximate surface area is 125 Å². The molecule has 1 saturated heterocycles. The molecule has 0 unspecified atom stereocenters. The molecule has 1 aliphatic rings. The van der Waals surface area contributed by atoms with E-state index in [1.54, 1.807) is 16.7 Å². The molecule has 1 N–H and O–H groups in total. The summed E-state index contributed by atoms with van der Waals surface area (Å²) < 4.78 is 0. The fourth-order valence-corrected chi connectivity index (χ4v) is 2.59. The molecule has 1 fully saturated rings. The zero-order valence-electron chi connectivity index (χ0n) is 12.9. The van der Waals surface area contributed by atoms with Crippen LogP contribution in [0.25, 0.3) is 0 Å². The molecule has 1 atom stereocenters. The summed E-state index contributed by atoms with van der Waals surface area (Å²) in [6.07, 6.45) is 0.886. The number of piperazine rings is 1. The number of carbonyl (C=O) groups excluding carboxylic acids is 2. The summed E-state index contributed by atoms with van der Waals surface area (Å²) in [5.41, 5.74) is 2.00. The van der Waals surface area contributed by atoms with E-state index in [0.29, 0.717) is 19.6 Å². The first-order valence-electron chi connectivity index (χ1n) is 7.47. The minimum Gasteiger partial charge on any atom is -0.338 e. The maximum Gasteiger partial charge on any atom is 0.318 e. The van der Waals surface area contributed by atoms with Crippen molar-refractivity contribution in [1.29, 1.82) is 0 Å². The number of carbonyl (C=O) groups is 2. The summed E-state index contributed by atoms with van der Waals surface area (Å²) in [7, 11) is 0. The average Bonchev–Trinajstić information content (AvgIpc) is 2.48. The highest BCUT2D eigenvalue weighted by atomic mass is 16.2. The first-order valence-corrected chi connectivity index (χ1v) is 7.47. The molecule has 1 heterocycles. The van der Waals surface area contributed by atoms with Crippen LogP contribution in [0.5, 0.6) is 0 Å². The third kappa shape index (κ3) is 3.17. The number of anilines is 1. The predicted octanol–water partition coefficient (Wildman–Crippen LogP) is 2.15. The number of amides is 3. The molecule has 1 aromatic rings. The lowest BCUT2D eigenvalue weighted by molar-refractivity contribution is -0.124. The Kier molecular flexibility index (Phi) is 4.83. The summed E-state index contributed by atoms with van der Waals surface area (Å²) in [6, 6.07) is 7.25. The van der Waals surface area contributed by atoms with Gasteiger partial charge in [-0.05, 0) is 31.9 Å². The molecule has 0 saturated carbocycles. The van der Waals surface area contributed by atoms with Gasteiger partial charge in [-0.25, -0.2) is 4.79 Å². The maximum atomic E-state index is 12.6. The van der Waals surface area contributed by atoms with Crippen LogP contribution in [0.15, 0.2) is 24.3 Å². The van der Waals surface area contributed by atoms with Gasteiger partial charge in [0.2, 0.25) is 5.91 Å². The monoisotopic (exact) mass is 289 g/mol. The fourth-order valence-electron chi connectivity index (χ4n) is 2.59. The lowest BCUT2D eigenvalue weighted by Crippen LogP contribution is -2.60. The van der Waals surface area contributed by atoms with E-state index in [-0.39, 0.29) is 11.9 Å². The van der Waals surface area contributed by atoms with Crippen LogP contribution >= 0.6 is 0 Å². The molecule has 5 heteroatoms. The number of nitrogens with zero attached hydrogens (tertiary/aromatic N) is 2. The molecule has 0 spiro atoms. The van der Waals surface area contributed by atoms with Crippen molar-refractivity contribution in [3.05, 3.63) is 29.8 Å². The molecule has 1 aliphatic heterocycles. The van der Waals surface area contributed by atoms with Gasteiger partial charge in [-0.1, -0.05) is 25.1 Å². The van der Waals surface area contributed by atoms with Gasteiger partial charge in [-0.2, -0.15) is 0 Å². The van der Waals surface area contributed by atoms with Crippen molar-refractivity contribution in [2.24, 2.45) is 0 Å². The van der Waals surface area contributed by atoms with Crippen molar-refractivity contribution in [3.63, 3.8) is 0 Å². The van der Waals surface area contributed by atoms with Gasteiger partial charge in [-0.15, -0.1) is 0 Å². The molecule has 0 radical (unpaired) electrons. The summed E-state index contributed by atoms with van der Waals surface area (Å²) in [4.78, 5) is 28.0. The number of hydrogen-bond donors (Lipinski definition) is 1. The Morgan fingerprint density at radius 3 is 2.71 bits per heavy atom. The normalized spacial score (nSPS) is 18.8. The van der Waals surface area contributed by atoms with Crippen LogP contribution in [0.2, 0.25) is 0 Å². The number of benzene rings is 1. The highest BCUT2D eigenvalue weighted by molar-refractivity contribution is 6.00. The minimum absolute atomic E-state index is 0.0257. The van der Waals surface area contributed by atoms with Crippen LogP contribution in [-0.4, -0.2) is 42.5 Å². The van der Waals surface area contributed by atoms with Crippen molar-refractivity contribution in [3.8, 4) is 0 Å². The molecule has 0 bridgehead atoms. The number of para-hydroxylation sites is 1. The quantitative estimate of drug-likeness (QED) is 0.927. The van der Waals surface area contributed by atoms with Crippen LogP contribution in [0.1, 0.15) is 25.8 Å². The van der Waals surface area contributed by atoms with Gasteiger partial charge < -0.3 is 15.1 Å². The zero-order valence-corrected chi connectivity index (χ0v) is 12.9. The third-order valence-corrected chi connectivity index (χ3v) is 3.85. The average molecular weight is 289 g/mol. The van der Waals surface area contributed by atoms with E-state index in [9.17, 15) is 9.59 Å². The molecule has 3 amide bonds. The smallest absolute Gasteiger partial charge is 0.318 e. The largest absolute Gasteiger partial charge is 0.338 e. The zero-order chi connectivity index (χ0) is 15.4. The lowest BCUT2D eigenvalue weighted by Gasteiger charge is -2.39. The Bertz CT molecular complexity index is 530. The Morgan fingerprint density at radius 1 is 1.33 bits per heavy atom. The van der Waals surface area contributed by atoms with E-state index in [2.05, 4.69) is 5.32 Å². The highest BCUT2D eigenvalue weighted by Gasteiger charge is 2.35. The Hall–Kier alpha value is -2.04. The van der Waals surface area contributed by atoms with E-state index in [1.165, 1.54) is 0 Å². The van der Waals surface area contributed by atoms with E-state index in [1.807, 2.05) is 38.1 Å². The van der Waals surface area contributed by atoms with E-state index in [4.69, 9.17) is 0 Å². The van der Waals surface area contributed by atoms with E-state index in [0.717, 1.165) is 17.7 Å². The molecule has 2 rings (SSSR count). The van der Waals surface area contributed by atoms with E-state index < -0.39 is 6.04 Å². The third-order valence-electron chi connectivity index (χ3n) is 3.85. The van der Waals surface area contributed by atoms with Crippen LogP contribution in [0.3, 0.4) is 0 Å². The van der Waals surface area contributed by atoms with Crippen LogP contribution < -0.4 is 10.2 Å². The summed E-state index contributed by atoms with van der Waals surface area (Å²) >= 11 is 0. The van der Waals surface area contributed by atoms with Crippen LogP contribution in [-0.2, 0) is 4.79 Å². The summed E-state index contributed by atoms with van der Waals surface area (Å²) in [5, 5.41) is 2.84. The summed E-state index contributed by atoms with van der Waals surface area (Å²) in [5.74, 6) is -0.0257. The number of urea groups is 1. The van der Waals surface area contributed by atoms with Crippen molar-refractivity contribution in [1.82, 2.24) is 10.2 Å². The van der Waals surface area contributed by atoms with Gasteiger partial charge >= 0.3 is 6.03 Å². The van der Waals surface area contributed by atoms with Gasteiger partial charge in [0, 0.05) is 25.3 Å². The van der Waals surface area contributed by atoms with Crippen molar-refractivity contribution >= 4 is 17.6 Å². The molecule has 1 aromatic carbocycles. The molecule has 5 nitrogen and oxygen atoms in total. The van der Waals surface area contributed by atoms with Crippen molar-refractivity contribution in [2.45, 2.75) is 33.2 Å². The molecule has 0 aliphatic carbocycles. The molecular weight excluding hydrogens is 266 g/mol. The number of rotatable bonds is 3. The van der Waals surface area contributed by atoms with Gasteiger partial charge in [0.1, 0.15) is 6.04 Å². The fraction of sp³-hybridized carbons (Fsp3) is 0.500. The first kappa shape index (κ1) is 15.4. The number of aryl methyl sites for hydroxylation is 1. The molecule has 114 valence electrons. The highest BCUT2D eigenvalue weighted by Crippen LogP contribution is 2.23. The molecule has 21 heavy (non-hydrogen) atoms. The first-order chi connectivity index (χ1) is 10.1. The Morgan fingerprint density at radius 2 is 2.05 bits per heavy atom. The van der Waals surface area contributed by atoms with Gasteiger partial charge in [-0.3, -0.25) is 4.79 Å². The second kappa shape index (κ2) is 6.61. The second-order valence-electron chi connectivity index (χ2n) is 5.38. The van der Waals surface area contributed by atoms with Crippen molar-refractivity contribution < 1.29 is 9.59 Å².